The number of rotatable bonds is 4. The molecule has 0 aliphatic heterocycles. The van der Waals surface area contributed by atoms with Crippen molar-refractivity contribution in [1.82, 2.24) is 25.3 Å². The molecule has 0 atom stereocenters. The van der Waals surface area contributed by atoms with E-state index in [1.54, 1.807) is 24.4 Å². The van der Waals surface area contributed by atoms with Crippen molar-refractivity contribution >= 4 is 27.8 Å². The Hall–Kier alpha value is -3.79. The van der Waals surface area contributed by atoms with Gasteiger partial charge in [-0.05, 0) is 37.3 Å². The number of carbonyl (C=O) groups excluding carboxylic acids is 1. The summed E-state index contributed by atoms with van der Waals surface area (Å²) in [5.74, 6) is 0.406. The summed E-state index contributed by atoms with van der Waals surface area (Å²) in [4.78, 5) is 28.7. The molecule has 132 valence electrons. The number of nitriles is 1. The average molecular weight is 356 g/mol. The fraction of sp³-hybridized carbons (Fsp3) is 0.150. The smallest absolute Gasteiger partial charge is 0.227 e. The van der Waals surface area contributed by atoms with E-state index in [1.165, 1.54) is 0 Å². The maximum Gasteiger partial charge on any atom is 0.227 e. The van der Waals surface area contributed by atoms with Gasteiger partial charge in [-0.25, -0.2) is 4.98 Å². The van der Waals surface area contributed by atoms with Crippen LogP contribution in [-0.4, -0.2) is 25.8 Å². The summed E-state index contributed by atoms with van der Waals surface area (Å²) in [6.45, 7) is 2.28. The summed E-state index contributed by atoms with van der Waals surface area (Å²) < 4.78 is 0. The van der Waals surface area contributed by atoms with Gasteiger partial charge in [0.25, 0.3) is 0 Å². The van der Waals surface area contributed by atoms with Gasteiger partial charge in [-0.15, -0.1) is 0 Å². The number of aromatic amines is 1. The van der Waals surface area contributed by atoms with Crippen LogP contribution in [0.5, 0.6) is 0 Å². The molecule has 1 amide bonds. The van der Waals surface area contributed by atoms with Crippen molar-refractivity contribution in [3.63, 3.8) is 0 Å². The number of hydrogen-bond acceptors (Lipinski definition) is 5. The van der Waals surface area contributed by atoms with Gasteiger partial charge >= 0.3 is 0 Å². The molecule has 2 N–H and O–H groups in total. The normalized spacial score (nSPS) is 10.8. The molecule has 4 aromatic rings. The van der Waals surface area contributed by atoms with Crippen molar-refractivity contribution in [2.45, 2.75) is 19.9 Å². The fourth-order valence-corrected chi connectivity index (χ4v) is 2.96. The SMILES string of the molecule is Cc1cccc(CNC(=O)Cc2nc3c(cnc4ccc(C#N)cc43)[nH]2)n1. The van der Waals surface area contributed by atoms with Crippen LogP contribution < -0.4 is 5.32 Å². The highest BCUT2D eigenvalue weighted by Crippen LogP contribution is 2.22. The second kappa shape index (κ2) is 6.84. The summed E-state index contributed by atoms with van der Waals surface area (Å²) in [6.07, 6.45) is 1.81. The molecule has 0 radical (unpaired) electrons. The lowest BCUT2D eigenvalue weighted by atomic mass is 10.1. The monoisotopic (exact) mass is 356 g/mol. The van der Waals surface area contributed by atoms with Crippen molar-refractivity contribution in [2.75, 3.05) is 0 Å². The third-order valence-corrected chi connectivity index (χ3v) is 4.24. The van der Waals surface area contributed by atoms with Crippen LogP contribution in [0.25, 0.3) is 21.9 Å². The van der Waals surface area contributed by atoms with E-state index in [0.29, 0.717) is 23.4 Å². The van der Waals surface area contributed by atoms with Gasteiger partial charge in [0.05, 0.1) is 53.0 Å². The zero-order valence-corrected chi connectivity index (χ0v) is 14.7. The molecule has 0 aliphatic rings. The van der Waals surface area contributed by atoms with E-state index in [-0.39, 0.29) is 12.3 Å². The average Bonchev–Trinajstić information content (AvgIpc) is 3.09. The number of H-pyrrole nitrogens is 1. The van der Waals surface area contributed by atoms with Gasteiger partial charge in [-0.3, -0.25) is 14.8 Å². The Morgan fingerprint density at radius 1 is 1.26 bits per heavy atom. The first-order valence-electron chi connectivity index (χ1n) is 8.49. The van der Waals surface area contributed by atoms with E-state index in [0.717, 1.165) is 27.8 Å². The first-order valence-corrected chi connectivity index (χ1v) is 8.49. The molecular weight excluding hydrogens is 340 g/mol. The van der Waals surface area contributed by atoms with Gasteiger partial charge < -0.3 is 10.3 Å². The Bertz CT molecular complexity index is 1200. The summed E-state index contributed by atoms with van der Waals surface area (Å²) in [7, 11) is 0. The molecule has 0 unspecified atom stereocenters. The molecule has 27 heavy (non-hydrogen) atoms. The van der Waals surface area contributed by atoms with Gasteiger partial charge in [0.15, 0.2) is 0 Å². The number of benzene rings is 1. The minimum atomic E-state index is -0.146. The number of imidazole rings is 1. The molecule has 0 saturated heterocycles. The lowest BCUT2D eigenvalue weighted by molar-refractivity contribution is -0.120. The highest BCUT2D eigenvalue weighted by Gasteiger charge is 2.12. The summed E-state index contributed by atoms with van der Waals surface area (Å²) in [6, 6.07) is 13.1. The Kier molecular flexibility index (Phi) is 4.22. The maximum absolute atomic E-state index is 12.3. The van der Waals surface area contributed by atoms with Crippen LogP contribution in [0, 0.1) is 18.3 Å². The van der Waals surface area contributed by atoms with E-state index in [9.17, 15) is 4.79 Å². The summed E-state index contributed by atoms with van der Waals surface area (Å²) in [5.41, 5.74) is 4.47. The first kappa shape index (κ1) is 16.7. The topological polar surface area (TPSA) is 107 Å². The third kappa shape index (κ3) is 3.46. The molecule has 0 bridgehead atoms. The van der Waals surface area contributed by atoms with Crippen molar-refractivity contribution in [3.05, 3.63) is 65.4 Å². The largest absolute Gasteiger partial charge is 0.350 e. The summed E-state index contributed by atoms with van der Waals surface area (Å²) >= 11 is 0. The van der Waals surface area contributed by atoms with Gasteiger partial charge in [-0.1, -0.05) is 6.07 Å². The quantitative estimate of drug-likeness (QED) is 0.584. The first-order chi connectivity index (χ1) is 13.1. The van der Waals surface area contributed by atoms with Crippen molar-refractivity contribution in [3.8, 4) is 6.07 Å². The number of aryl methyl sites for hydroxylation is 1. The van der Waals surface area contributed by atoms with Crippen molar-refractivity contribution in [1.29, 1.82) is 5.26 Å². The van der Waals surface area contributed by atoms with Crippen LogP contribution in [0.2, 0.25) is 0 Å². The molecular formula is C20H16N6O. The third-order valence-electron chi connectivity index (χ3n) is 4.24. The van der Waals surface area contributed by atoms with Crippen LogP contribution in [0.15, 0.2) is 42.6 Å². The van der Waals surface area contributed by atoms with E-state index >= 15 is 0 Å². The number of pyridine rings is 2. The Balaban J connectivity index is 1.54. The molecule has 4 rings (SSSR count). The number of aromatic nitrogens is 4. The van der Waals surface area contributed by atoms with Crippen LogP contribution in [0.3, 0.4) is 0 Å². The van der Waals surface area contributed by atoms with Crippen LogP contribution >= 0.6 is 0 Å². The zero-order chi connectivity index (χ0) is 18.8. The van der Waals surface area contributed by atoms with Crippen LogP contribution in [-0.2, 0) is 17.8 Å². The maximum atomic E-state index is 12.3. The highest BCUT2D eigenvalue weighted by molar-refractivity contribution is 6.02. The lowest BCUT2D eigenvalue weighted by Crippen LogP contribution is -2.25. The van der Waals surface area contributed by atoms with Gasteiger partial charge in [0.2, 0.25) is 5.91 Å². The van der Waals surface area contributed by atoms with E-state index in [1.807, 2.05) is 25.1 Å². The lowest BCUT2D eigenvalue weighted by Gasteiger charge is -2.04. The molecule has 3 aromatic heterocycles. The molecule has 0 saturated carbocycles. The molecule has 0 aliphatic carbocycles. The Labute approximate surface area is 155 Å². The van der Waals surface area contributed by atoms with E-state index in [2.05, 4.69) is 31.3 Å². The molecule has 7 heteroatoms. The van der Waals surface area contributed by atoms with Gasteiger partial charge in [-0.2, -0.15) is 5.26 Å². The highest BCUT2D eigenvalue weighted by atomic mass is 16.1. The number of carbonyl (C=O) groups is 1. The fourth-order valence-electron chi connectivity index (χ4n) is 2.96. The number of amides is 1. The van der Waals surface area contributed by atoms with Gasteiger partial charge in [0.1, 0.15) is 5.82 Å². The predicted octanol–water partition coefficient (Wildman–Crippen LogP) is 2.55. The Morgan fingerprint density at radius 2 is 2.15 bits per heavy atom. The summed E-state index contributed by atoms with van der Waals surface area (Å²) in [5, 5.41) is 12.8. The minimum Gasteiger partial charge on any atom is -0.350 e. The van der Waals surface area contributed by atoms with Crippen LogP contribution in [0.4, 0.5) is 0 Å². The molecule has 1 aromatic carbocycles. The second-order valence-electron chi connectivity index (χ2n) is 6.27. The second-order valence-corrected chi connectivity index (χ2v) is 6.27. The van der Waals surface area contributed by atoms with E-state index in [4.69, 9.17) is 5.26 Å². The van der Waals surface area contributed by atoms with E-state index < -0.39 is 0 Å². The molecule has 0 fully saturated rings. The predicted molar refractivity (Wildman–Crippen MR) is 101 cm³/mol. The molecule has 0 spiro atoms. The molecule has 3 heterocycles. The standard InChI is InChI=1S/C20H16N6O/c1-12-3-2-4-14(24-12)10-23-19(27)8-18-25-17-11-22-16-6-5-13(9-21)7-15(16)20(17)26-18/h2-7,11H,8,10H2,1H3,(H,23,27)(H,25,26). The molecule has 7 nitrogen and oxygen atoms in total. The zero-order valence-electron chi connectivity index (χ0n) is 14.7. The number of nitrogens with zero attached hydrogens (tertiary/aromatic N) is 4. The van der Waals surface area contributed by atoms with Gasteiger partial charge in [0, 0.05) is 11.1 Å². The number of nitrogens with one attached hydrogen (secondary N) is 2. The number of hydrogen-bond donors (Lipinski definition) is 2. The Morgan fingerprint density at radius 3 is 2.96 bits per heavy atom. The van der Waals surface area contributed by atoms with Crippen molar-refractivity contribution < 1.29 is 4.79 Å². The number of fused-ring (bicyclic) bond motifs is 3. The van der Waals surface area contributed by atoms with Crippen molar-refractivity contribution in [2.24, 2.45) is 0 Å². The van der Waals surface area contributed by atoms with Crippen LogP contribution in [0.1, 0.15) is 22.8 Å². The minimum absolute atomic E-state index is 0.125.